The molecule has 128 valence electrons. The van der Waals surface area contributed by atoms with Crippen LogP contribution in [0.15, 0.2) is 24.3 Å². The number of amides is 1. The molecule has 23 heavy (non-hydrogen) atoms. The SMILES string of the molecule is Cl.O=C(Nc1ccc(OC2CCCCC2O)cc1)[C@@H]1CCCN1. The number of aliphatic hydroxyl groups is 1. The molecule has 5 nitrogen and oxygen atoms in total. The Bertz CT molecular complexity index is 503. The molecule has 1 heterocycles. The van der Waals surface area contributed by atoms with Gasteiger partial charge in [0.05, 0.1) is 12.1 Å². The van der Waals surface area contributed by atoms with Crippen molar-refractivity contribution in [2.24, 2.45) is 0 Å². The molecule has 1 aromatic rings. The number of ether oxygens (including phenoxy) is 1. The average molecular weight is 341 g/mol. The van der Waals surface area contributed by atoms with Crippen molar-refractivity contribution >= 4 is 24.0 Å². The van der Waals surface area contributed by atoms with Crippen molar-refractivity contribution < 1.29 is 14.6 Å². The normalized spacial score (nSPS) is 27.1. The summed E-state index contributed by atoms with van der Waals surface area (Å²) in [5.74, 6) is 0.761. The van der Waals surface area contributed by atoms with Gasteiger partial charge in [-0.25, -0.2) is 0 Å². The number of hydrogen-bond acceptors (Lipinski definition) is 4. The van der Waals surface area contributed by atoms with Gasteiger partial charge in [0, 0.05) is 5.69 Å². The van der Waals surface area contributed by atoms with Gasteiger partial charge < -0.3 is 20.5 Å². The average Bonchev–Trinajstić information content (AvgIpc) is 3.06. The van der Waals surface area contributed by atoms with E-state index in [-0.39, 0.29) is 36.6 Å². The van der Waals surface area contributed by atoms with E-state index in [9.17, 15) is 9.90 Å². The van der Waals surface area contributed by atoms with E-state index < -0.39 is 0 Å². The molecular weight excluding hydrogens is 316 g/mol. The first-order chi connectivity index (χ1) is 10.7. The number of hydrogen-bond donors (Lipinski definition) is 3. The second kappa shape index (κ2) is 8.52. The lowest BCUT2D eigenvalue weighted by Gasteiger charge is -2.28. The van der Waals surface area contributed by atoms with Gasteiger partial charge in [-0.15, -0.1) is 12.4 Å². The quantitative estimate of drug-likeness (QED) is 0.787. The maximum absolute atomic E-state index is 12.0. The van der Waals surface area contributed by atoms with Crippen LogP contribution in [0.1, 0.15) is 38.5 Å². The Morgan fingerprint density at radius 1 is 1.13 bits per heavy atom. The summed E-state index contributed by atoms with van der Waals surface area (Å²) in [6.07, 6.45) is 5.34. The Morgan fingerprint density at radius 3 is 2.52 bits per heavy atom. The molecule has 0 spiro atoms. The van der Waals surface area contributed by atoms with Gasteiger partial charge in [0.2, 0.25) is 5.91 Å². The molecule has 0 radical (unpaired) electrons. The molecule has 1 aromatic carbocycles. The summed E-state index contributed by atoms with van der Waals surface area (Å²) in [7, 11) is 0. The van der Waals surface area contributed by atoms with Crippen LogP contribution < -0.4 is 15.4 Å². The maximum Gasteiger partial charge on any atom is 0.241 e. The minimum absolute atomic E-state index is 0. The molecule has 1 saturated carbocycles. The molecule has 3 atom stereocenters. The van der Waals surface area contributed by atoms with Crippen LogP contribution in [-0.2, 0) is 4.79 Å². The minimum Gasteiger partial charge on any atom is -0.488 e. The van der Waals surface area contributed by atoms with Crippen molar-refractivity contribution in [3.8, 4) is 5.75 Å². The van der Waals surface area contributed by atoms with Crippen LogP contribution in [0.3, 0.4) is 0 Å². The fourth-order valence-electron chi connectivity index (χ4n) is 3.14. The summed E-state index contributed by atoms with van der Waals surface area (Å²) in [6, 6.07) is 7.31. The minimum atomic E-state index is -0.374. The number of anilines is 1. The van der Waals surface area contributed by atoms with Crippen LogP contribution >= 0.6 is 12.4 Å². The predicted octanol–water partition coefficient (Wildman–Crippen LogP) is 2.48. The molecule has 2 fully saturated rings. The highest BCUT2D eigenvalue weighted by atomic mass is 35.5. The maximum atomic E-state index is 12.0. The molecule has 1 saturated heterocycles. The van der Waals surface area contributed by atoms with Gasteiger partial charge in [0.1, 0.15) is 11.9 Å². The summed E-state index contributed by atoms with van der Waals surface area (Å²) in [4.78, 5) is 12.0. The zero-order chi connectivity index (χ0) is 15.4. The molecule has 0 aromatic heterocycles. The highest BCUT2D eigenvalue weighted by molar-refractivity contribution is 5.95. The number of aliphatic hydroxyl groups excluding tert-OH is 1. The summed E-state index contributed by atoms with van der Waals surface area (Å²) >= 11 is 0. The van der Waals surface area contributed by atoms with Crippen LogP contribution in [0.4, 0.5) is 5.69 Å². The third-order valence-electron chi connectivity index (χ3n) is 4.45. The van der Waals surface area contributed by atoms with Crippen LogP contribution in [0.25, 0.3) is 0 Å². The largest absolute Gasteiger partial charge is 0.488 e. The Balaban J connectivity index is 0.00000192. The van der Waals surface area contributed by atoms with E-state index in [0.29, 0.717) is 0 Å². The summed E-state index contributed by atoms with van der Waals surface area (Å²) in [5, 5.41) is 16.0. The Labute approximate surface area is 143 Å². The van der Waals surface area contributed by atoms with E-state index in [0.717, 1.165) is 56.5 Å². The monoisotopic (exact) mass is 340 g/mol. The molecule has 1 amide bonds. The first-order valence-electron chi connectivity index (χ1n) is 8.21. The Hall–Kier alpha value is -1.30. The number of benzene rings is 1. The molecule has 2 aliphatic rings. The van der Waals surface area contributed by atoms with Gasteiger partial charge >= 0.3 is 0 Å². The molecular formula is C17H25ClN2O3. The third kappa shape index (κ3) is 4.83. The van der Waals surface area contributed by atoms with E-state index in [1.165, 1.54) is 0 Å². The smallest absolute Gasteiger partial charge is 0.241 e. The number of carbonyl (C=O) groups is 1. The lowest BCUT2D eigenvalue weighted by molar-refractivity contribution is -0.117. The highest BCUT2D eigenvalue weighted by Crippen LogP contribution is 2.25. The standard InChI is InChI=1S/C17H24N2O3.ClH/c20-15-5-1-2-6-16(15)22-13-9-7-12(8-10-13)19-17(21)14-4-3-11-18-14;/h7-10,14-16,18,20H,1-6,11H2,(H,19,21);1H/t14-,15?,16?;/m0./s1. The lowest BCUT2D eigenvalue weighted by Crippen LogP contribution is -2.35. The van der Waals surface area contributed by atoms with E-state index in [4.69, 9.17) is 4.74 Å². The van der Waals surface area contributed by atoms with E-state index in [1.807, 2.05) is 24.3 Å². The summed E-state index contributed by atoms with van der Waals surface area (Å²) < 4.78 is 5.85. The van der Waals surface area contributed by atoms with Crippen LogP contribution in [-0.4, -0.2) is 35.8 Å². The van der Waals surface area contributed by atoms with Gasteiger partial charge in [-0.2, -0.15) is 0 Å². The van der Waals surface area contributed by atoms with Crippen LogP contribution in [0, 0.1) is 0 Å². The van der Waals surface area contributed by atoms with Gasteiger partial charge in [0.25, 0.3) is 0 Å². The fraction of sp³-hybridized carbons (Fsp3) is 0.588. The van der Waals surface area contributed by atoms with Gasteiger partial charge in [-0.05, 0) is 62.9 Å². The number of nitrogens with one attached hydrogen (secondary N) is 2. The highest BCUT2D eigenvalue weighted by Gasteiger charge is 2.25. The first kappa shape index (κ1) is 18.0. The first-order valence-corrected chi connectivity index (χ1v) is 8.21. The van der Waals surface area contributed by atoms with Crippen LogP contribution in [0.2, 0.25) is 0 Å². The summed E-state index contributed by atoms with van der Waals surface area (Å²) in [6.45, 7) is 0.911. The number of carbonyl (C=O) groups excluding carboxylic acids is 1. The van der Waals surface area contributed by atoms with Gasteiger partial charge in [0.15, 0.2) is 0 Å². The van der Waals surface area contributed by atoms with Crippen molar-refractivity contribution in [3.63, 3.8) is 0 Å². The lowest BCUT2D eigenvalue weighted by atomic mass is 9.95. The van der Waals surface area contributed by atoms with E-state index in [1.54, 1.807) is 0 Å². The van der Waals surface area contributed by atoms with Crippen molar-refractivity contribution in [3.05, 3.63) is 24.3 Å². The third-order valence-corrected chi connectivity index (χ3v) is 4.45. The van der Waals surface area contributed by atoms with E-state index in [2.05, 4.69) is 10.6 Å². The molecule has 6 heteroatoms. The van der Waals surface area contributed by atoms with Gasteiger partial charge in [-0.3, -0.25) is 4.79 Å². The Kier molecular flexibility index (Phi) is 6.69. The predicted molar refractivity (Wildman–Crippen MR) is 92.2 cm³/mol. The molecule has 1 aliphatic heterocycles. The summed E-state index contributed by atoms with van der Waals surface area (Å²) in [5.41, 5.74) is 0.773. The Morgan fingerprint density at radius 2 is 1.87 bits per heavy atom. The molecule has 1 aliphatic carbocycles. The molecule has 2 unspecified atom stereocenters. The van der Waals surface area contributed by atoms with Crippen molar-refractivity contribution in [2.45, 2.75) is 56.8 Å². The van der Waals surface area contributed by atoms with Crippen LogP contribution in [0.5, 0.6) is 5.75 Å². The molecule has 3 N–H and O–H groups in total. The fourth-order valence-corrected chi connectivity index (χ4v) is 3.14. The topological polar surface area (TPSA) is 70.6 Å². The van der Waals surface area contributed by atoms with Crippen molar-refractivity contribution in [1.82, 2.24) is 5.32 Å². The second-order valence-corrected chi connectivity index (χ2v) is 6.17. The van der Waals surface area contributed by atoms with E-state index >= 15 is 0 Å². The van der Waals surface area contributed by atoms with Crippen molar-refractivity contribution in [2.75, 3.05) is 11.9 Å². The number of rotatable bonds is 4. The zero-order valence-electron chi connectivity index (χ0n) is 13.2. The zero-order valence-corrected chi connectivity index (χ0v) is 14.0. The molecule has 3 rings (SSSR count). The van der Waals surface area contributed by atoms with Crippen molar-refractivity contribution in [1.29, 1.82) is 0 Å². The number of halogens is 1. The second-order valence-electron chi connectivity index (χ2n) is 6.17. The van der Waals surface area contributed by atoms with Gasteiger partial charge in [-0.1, -0.05) is 6.42 Å². The molecule has 0 bridgehead atoms.